The molecule has 1 aromatic carbocycles. The van der Waals surface area contributed by atoms with Gasteiger partial charge in [-0.15, -0.1) is 0 Å². The molecule has 0 saturated carbocycles. The van der Waals surface area contributed by atoms with Crippen molar-refractivity contribution in [3.05, 3.63) is 48.8 Å². The second-order valence-electron chi connectivity index (χ2n) is 3.01. The van der Waals surface area contributed by atoms with Crippen molar-refractivity contribution in [2.45, 2.75) is 13.5 Å². The third-order valence-corrected chi connectivity index (χ3v) is 2.13. The molecule has 1 radical (unpaired) electrons. The SMILES string of the molecule is CCn1[c]cc(-c2ccccc2)c1. The van der Waals surface area contributed by atoms with Gasteiger partial charge in [0, 0.05) is 18.3 Å². The van der Waals surface area contributed by atoms with Crippen LogP contribution in [-0.4, -0.2) is 4.57 Å². The van der Waals surface area contributed by atoms with Gasteiger partial charge in [0.1, 0.15) is 0 Å². The fraction of sp³-hybridized carbons (Fsp3) is 0.167. The molecule has 0 saturated heterocycles. The molecule has 0 aliphatic rings. The topological polar surface area (TPSA) is 4.93 Å². The van der Waals surface area contributed by atoms with E-state index in [2.05, 4.69) is 48.1 Å². The highest BCUT2D eigenvalue weighted by Gasteiger charge is 1.97. The van der Waals surface area contributed by atoms with Crippen molar-refractivity contribution in [1.82, 2.24) is 4.57 Å². The van der Waals surface area contributed by atoms with Crippen LogP contribution in [0.4, 0.5) is 0 Å². The molecule has 2 aromatic rings. The van der Waals surface area contributed by atoms with Crippen LogP contribution in [-0.2, 0) is 6.54 Å². The summed E-state index contributed by atoms with van der Waals surface area (Å²) in [5.41, 5.74) is 2.49. The number of hydrogen-bond acceptors (Lipinski definition) is 0. The Hall–Kier alpha value is -1.50. The van der Waals surface area contributed by atoms with Crippen LogP contribution in [0.15, 0.2) is 42.6 Å². The Balaban J connectivity index is 2.36. The van der Waals surface area contributed by atoms with Crippen LogP contribution < -0.4 is 0 Å². The van der Waals surface area contributed by atoms with Crippen molar-refractivity contribution in [3.63, 3.8) is 0 Å². The van der Waals surface area contributed by atoms with Crippen LogP contribution in [0.3, 0.4) is 0 Å². The van der Waals surface area contributed by atoms with Crippen molar-refractivity contribution in [1.29, 1.82) is 0 Å². The molecule has 1 heteroatoms. The predicted octanol–water partition coefficient (Wildman–Crippen LogP) is 2.98. The van der Waals surface area contributed by atoms with Gasteiger partial charge in [-0.1, -0.05) is 30.3 Å². The lowest BCUT2D eigenvalue weighted by Gasteiger charge is -1.96. The van der Waals surface area contributed by atoms with E-state index >= 15 is 0 Å². The number of rotatable bonds is 2. The fourth-order valence-corrected chi connectivity index (χ4v) is 1.37. The van der Waals surface area contributed by atoms with Gasteiger partial charge in [-0.05, 0) is 18.6 Å². The van der Waals surface area contributed by atoms with Gasteiger partial charge in [0.25, 0.3) is 0 Å². The molecule has 0 N–H and O–H groups in total. The van der Waals surface area contributed by atoms with E-state index in [1.807, 2.05) is 12.1 Å². The molecular formula is C12H12N. The minimum absolute atomic E-state index is 0.979. The summed E-state index contributed by atoms with van der Waals surface area (Å²) in [5.74, 6) is 0. The second-order valence-corrected chi connectivity index (χ2v) is 3.01. The molecule has 0 amide bonds. The maximum absolute atomic E-state index is 3.17. The first-order chi connectivity index (χ1) is 6.40. The van der Waals surface area contributed by atoms with Crippen LogP contribution in [0.5, 0.6) is 0 Å². The highest BCUT2D eigenvalue weighted by molar-refractivity contribution is 5.62. The molecule has 1 aromatic heterocycles. The summed E-state index contributed by atoms with van der Waals surface area (Å²) >= 11 is 0. The average Bonchev–Trinajstić information content (AvgIpc) is 2.67. The summed E-state index contributed by atoms with van der Waals surface area (Å²) in [6.45, 7) is 3.10. The molecule has 1 nitrogen and oxygen atoms in total. The van der Waals surface area contributed by atoms with E-state index in [1.165, 1.54) is 11.1 Å². The summed E-state index contributed by atoms with van der Waals surface area (Å²) in [5, 5.41) is 0. The average molecular weight is 170 g/mol. The first-order valence-electron chi connectivity index (χ1n) is 4.53. The number of aryl methyl sites for hydroxylation is 1. The molecule has 1 heterocycles. The summed E-state index contributed by atoms with van der Waals surface area (Å²) in [7, 11) is 0. The lowest BCUT2D eigenvalue weighted by Crippen LogP contribution is -1.87. The molecule has 0 spiro atoms. The molecule has 65 valence electrons. The zero-order valence-corrected chi connectivity index (χ0v) is 7.70. The summed E-state index contributed by atoms with van der Waals surface area (Å²) < 4.78 is 2.06. The van der Waals surface area contributed by atoms with Crippen molar-refractivity contribution >= 4 is 0 Å². The van der Waals surface area contributed by atoms with Gasteiger partial charge in [-0.2, -0.15) is 0 Å². The predicted molar refractivity (Wildman–Crippen MR) is 54.4 cm³/mol. The van der Waals surface area contributed by atoms with E-state index in [4.69, 9.17) is 0 Å². The summed E-state index contributed by atoms with van der Waals surface area (Å²) in [4.78, 5) is 0. The zero-order chi connectivity index (χ0) is 9.10. The van der Waals surface area contributed by atoms with Crippen molar-refractivity contribution in [2.24, 2.45) is 0 Å². The van der Waals surface area contributed by atoms with Gasteiger partial charge >= 0.3 is 0 Å². The van der Waals surface area contributed by atoms with Gasteiger partial charge in [0.2, 0.25) is 0 Å². The first-order valence-corrected chi connectivity index (χ1v) is 4.53. The number of benzene rings is 1. The Morgan fingerprint density at radius 2 is 1.92 bits per heavy atom. The van der Waals surface area contributed by atoms with E-state index in [9.17, 15) is 0 Å². The van der Waals surface area contributed by atoms with Gasteiger partial charge < -0.3 is 4.57 Å². The number of nitrogens with zero attached hydrogens (tertiary/aromatic N) is 1. The largest absolute Gasteiger partial charge is 0.346 e. The van der Waals surface area contributed by atoms with Crippen molar-refractivity contribution in [3.8, 4) is 11.1 Å². The van der Waals surface area contributed by atoms with Crippen LogP contribution in [0.25, 0.3) is 11.1 Å². The smallest absolute Gasteiger partial charge is 0.0654 e. The van der Waals surface area contributed by atoms with E-state index < -0.39 is 0 Å². The molecule has 0 atom stereocenters. The lowest BCUT2D eigenvalue weighted by molar-refractivity contribution is 0.764. The lowest BCUT2D eigenvalue weighted by atomic mass is 10.1. The number of hydrogen-bond donors (Lipinski definition) is 0. The minimum Gasteiger partial charge on any atom is -0.346 e. The quantitative estimate of drug-likeness (QED) is 0.653. The van der Waals surface area contributed by atoms with Crippen LogP contribution >= 0.6 is 0 Å². The maximum atomic E-state index is 3.17. The Morgan fingerprint density at radius 1 is 1.15 bits per heavy atom. The Morgan fingerprint density at radius 3 is 2.54 bits per heavy atom. The molecule has 0 aliphatic carbocycles. The standard InChI is InChI=1S/C12H12N/c1-2-13-9-8-12(10-13)11-6-4-3-5-7-11/h3-8,10H,2H2,1H3. The molecule has 13 heavy (non-hydrogen) atoms. The first kappa shape index (κ1) is 8.11. The van der Waals surface area contributed by atoms with E-state index in [1.54, 1.807) is 0 Å². The molecular weight excluding hydrogens is 158 g/mol. The Bertz CT molecular complexity index is 373. The molecule has 0 bridgehead atoms. The molecule has 2 rings (SSSR count). The van der Waals surface area contributed by atoms with E-state index in [0.29, 0.717) is 0 Å². The third-order valence-electron chi connectivity index (χ3n) is 2.13. The monoisotopic (exact) mass is 170 g/mol. The van der Waals surface area contributed by atoms with Crippen molar-refractivity contribution in [2.75, 3.05) is 0 Å². The van der Waals surface area contributed by atoms with Crippen LogP contribution in [0, 0.1) is 6.20 Å². The molecule has 0 aliphatic heterocycles. The van der Waals surface area contributed by atoms with Crippen LogP contribution in [0.1, 0.15) is 6.92 Å². The van der Waals surface area contributed by atoms with Gasteiger partial charge in [0.15, 0.2) is 0 Å². The number of aromatic nitrogens is 1. The van der Waals surface area contributed by atoms with Gasteiger partial charge in [0.05, 0.1) is 6.20 Å². The zero-order valence-electron chi connectivity index (χ0n) is 7.70. The van der Waals surface area contributed by atoms with Crippen LogP contribution in [0.2, 0.25) is 0 Å². The summed E-state index contributed by atoms with van der Waals surface area (Å²) in [6, 6.07) is 12.4. The Kier molecular flexibility index (Phi) is 2.17. The third kappa shape index (κ3) is 1.64. The van der Waals surface area contributed by atoms with Gasteiger partial charge in [-0.25, -0.2) is 0 Å². The molecule has 0 fully saturated rings. The second kappa shape index (κ2) is 3.48. The minimum atomic E-state index is 0.979. The summed E-state index contributed by atoms with van der Waals surface area (Å²) in [6.07, 6.45) is 5.29. The van der Waals surface area contributed by atoms with E-state index in [-0.39, 0.29) is 0 Å². The van der Waals surface area contributed by atoms with Gasteiger partial charge in [-0.3, -0.25) is 0 Å². The molecule has 0 unspecified atom stereocenters. The fourth-order valence-electron chi connectivity index (χ4n) is 1.37. The Labute approximate surface area is 78.6 Å². The normalized spacial score (nSPS) is 10.2. The van der Waals surface area contributed by atoms with Crippen molar-refractivity contribution < 1.29 is 0 Å². The highest BCUT2D eigenvalue weighted by atomic mass is 14.9. The maximum Gasteiger partial charge on any atom is 0.0654 e. The van der Waals surface area contributed by atoms with E-state index in [0.717, 1.165) is 6.54 Å². The highest BCUT2D eigenvalue weighted by Crippen LogP contribution is 2.18.